The second-order valence-electron chi connectivity index (χ2n) is 0.956. The van der Waals surface area contributed by atoms with E-state index < -0.39 is 0 Å². The van der Waals surface area contributed by atoms with Crippen LogP contribution in [0.4, 0.5) is 0 Å². The maximum Gasteiger partial charge on any atom is 0.419 e. The van der Waals surface area contributed by atoms with Crippen molar-refractivity contribution in [2.24, 2.45) is 0 Å². The van der Waals surface area contributed by atoms with Gasteiger partial charge in [-0.1, -0.05) is 0 Å². The second kappa shape index (κ2) is 6.39. The summed E-state index contributed by atoms with van der Waals surface area (Å²) in [6, 6.07) is 0. The Hall–Kier alpha value is -0.610. The van der Waals surface area contributed by atoms with Gasteiger partial charge in [0.25, 0.3) is 0 Å². The first-order valence-electron chi connectivity index (χ1n) is 1.97. The summed E-state index contributed by atoms with van der Waals surface area (Å²) in [5.74, 6) is 0. The fraction of sp³-hybridized carbons (Fsp3) is 0.750. The topological polar surface area (TPSA) is 44.8 Å². The molecule has 0 aromatic rings. The average molecular weight is 119 g/mol. The highest BCUT2D eigenvalue weighted by atomic mass is 16.7. The SMILES string of the molecule is COCOCO[C]=O. The zero-order valence-electron chi connectivity index (χ0n) is 4.55. The predicted octanol–water partition coefficient (Wildman–Crippen LogP) is -0.352. The second-order valence-corrected chi connectivity index (χ2v) is 0.956. The van der Waals surface area contributed by atoms with Crippen LogP contribution in [0.5, 0.6) is 0 Å². The van der Waals surface area contributed by atoms with Gasteiger partial charge in [0.1, 0.15) is 6.79 Å². The lowest BCUT2D eigenvalue weighted by Gasteiger charge is -1.96. The lowest BCUT2D eigenvalue weighted by molar-refractivity contribution is -0.0881. The monoisotopic (exact) mass is 119 g/mol. The van der Waals surface area contributed by atoms with Crippen LogP contribution in [-0.2, 0) is 19.0 Å². The van der Waals surface area contributed by atoms with Gasteiger partial charge in [-0.25, -0.2) is 4.79 Å². The molecule has 4 heteroatoms. The molecule has 0 rings (SSSR count). The third-order valence-electron chi connectivity index (χ3n) is 0.402. The molecule has 0 aliphatic carbocycles. The highest BCUT2D eigenvalue weighted by molar-refractivity contribution is 5.37. The third kappa shape index (κ3) is 5.39. The number of hydrogen-bond donors (Lipinski definition) is 0. The van der Waals surface area contributed by atoms with Gasteiger partial charge in [0.05, 0.1) is 0 Å². The van der Waals surface area contributed by atoms with E-state index in [9.17, 15) is 4.79 Å². The Balaban J connectivity index is 2.62. The quantitative estimate of drug-likeness (QED) is 0.366. The van der Waals surface area contributed by atoms with E-state index in [-0.39, 0.29) is 13.6 Å². The van der Waals surface area contributed by atoms with Crippen LogP contribution in [-0.4, -0.2) is 27.2 Å². The molecule has 0 aliphatic rings. The summed E-state index contributed by atoms with van der Waals surface area (Å²) in [5, 5.41) is 0. The summed E-state index contributed by atoms with van der Waals surface area (Å²) in [4.78, 5) is 9.30. The Bertz CT molecular complexity index is 54.0. The minimum Gasteiger partial charge on any atom is -0.430 e. The van der Waals surface area contributed by atoms with Gasteiger partial charge in [-0.2, -0.15) is 0 Å². The molecule has 0 aromatic heterocycles. The van der Waals surface area contributed by atoms with Gasteiger partial charge in [0.15, 0.2) is 6.79 Å². The lowest BCUT2D eigenvalue weighted by atomic mass is 11.3. The van der Waals surface area contributed by atoms with Crippen LogP contribution in [0.1, 0.15) is 0 Å². The van der Waals surface area contributed by atoms with Gasteiger partial charge in [0.2, 0.25) is 0 Å². The van der Waals surface area contributed by atoms with Gasteiger partial charge in [0, 0.05) is 7.11 Å². The number of hydrogen-bond acceptors (Lipinski definition) is 4. The van der Waals surface area contributed by atoms with Crippen molar-refractivity contribution in [1.82, 2.24) is 0 Å². The predicted molar refractivity (Wildman–Crippen MR) is 24.6 cm³/mol. The molecule has 0 aromatic carbocycles. The smallest absolute Gasteiger partial charge is 0.419 e. The highest BCUT2D eigenvalue weighted by Crippen LogP contribution is 1.73. The van der Waals surface area contributed by atoms with E-state index in [1.165, 1.54) is 13.6 Å². The largest absolute Gasteiger partial charge is 0.430 e. The van der Waals surface area contributed by atoms with E-state index in [2.05, 4.69) is 14.2 Å². The Morgan fingerprint density at radius 3 is 2.75 bits per heavy atom. The number of methoxy groups -OCH3 is 1. The molecule has 0 saturated carbocycles. The van der Waals surface area contributed by atoms with Crippen molar-refractivity contribution in [2.45, 2.75) is 0 Å². The summed E-state index contributed by atoms with van der Waals surface area (Å²) in [6.45, 7) is 1.22. The molecule has 0 atom stereocenters. The molecule has 47 valence electrons. The van der Waals surface area contributed by atoms with Gasteiger partial charge >= 0.3 is 6.47 Å². The third-order valence-corrected chi connectivity index (χ3v) is 0.402. The molecule has 4 nitrogen and oxygen atoms in total. The van der Waals surface area contributed by atoms with E-state index in [0.29, 0.717) is 0 Å². The average Bonchev–Trinajstić information content (AvgIpc) is 1.81. The van der Waals surface area contributed by atoms with Crippen molar-refractivity contribution in [1.29, 1.82) is 0 Å². The molecular weight excluding hydrogens is 112 g/mol. The van der Waals surface area contributed by atoms with Crippen molar-refractivity contribution < 1.29 is 19.0 Å². The maximum atomic E-state index is 9.30. The summed E-state index contributed by atoms with van der Waals surface area (Å²) >= 11 is 0. The van der Waals surface area contributed by atoms with E-state index in [1.807, 2.05) is 0 Å². The molecular formula is C4H7O4. The maximum absolute atomic E-state index is 9.30. The van der Waals surface area contributed by atoms with Crippen LogP contribution in [0.25, 0.3) is 0 Å². The van der Waals surface area contributed by atoms with Crippen LogP contribution < -0.4 is 0 Å². The van der Waals surface area contributed by atoms with Crippen molar-refractivity contribution in [3.63, 3.8) is 0 Å². The van der Waals surface area contributed by atoms with Crippen LogP contribution in [0.15, 0.2) is 0 Å². The highest BCUT2D eigenvalue weighted by Gasteiger charge is 1.81. The number of rotatable bonds is 5. The van der Waals surface area contributed by atoms with Crippen molar-refractivity contribution in [3.05, 3.63) is 0 Å². The molecule has 1 radical (unpaired) electrons. The molecule has 0 N–H and O–H groups in total. The molecule has 8 heavy (non-hydrogen) atoms. The molecule has 0 heterocycles. The summed E-state index contributed by atoms with van der Waals surface area (Å²) < 4.78 is 13.0. The number of carbonyl (C=O) groups excluding carboxylic acids is 1. The first kappa shape index (κ1) is 7.39. The first-order valence-corrected chi connectivity index (χ1v) is 1.97. The van der Waals surface area contributed by atoms with E-state index >= 15 is 0 Å². The molecule has 0 saturated heterocycles. The van der Waals surface area contributed by atoms with Crippen molar-refractivity contribution >= 4 is 6.47 Å². The minimum absolute atomic E-state index is 0.0999. The molecule has 0 bridgehead atoms. The lowest BCUT2D eigenvalue weighted by Crippen LogP contribution is -2.00. The van der Waals surface area contributed by atoms with Crippen LogP contribution in [0.2, 0.25) is 0 Å². The summed E-state index contributed by atoms with van der Waals surface area (Å²) in [7, 11) is 1.48. The first-order chi connectivity index (χ1) is 3.91. The number of ether oxygens (including phenoxy) is 3. The summed E-state index contributed by atoms with van der Waals surface area (Å²) in [6.07, 6.45) is 0. The normalized spacial score (nSPS) is 8.62. The van der Waals surface area contributed by atoms with Gasteiger partial charge in [-0.3, -0.25) is 0 Å². The molecule has 0 unspecified atom stereocenters. The van der Waals surface area contributed by atoms with Gasteiger partial charge in [-0.05, 0) is 0 Å². The van der Waals surface area contributed by atoms with E-state index in [0.717, 1.165) is 0 Å². The Kier molecular flexibility index (Phi) is 5.90. The van der Waals surface area contributed by atoms with Crippen LogP contribution in [0.3, 0.4) is 0 Å². The minimum atomic E-state index is -0.0999. The van der Waals surface area contributed by atoms with E-state index in [1.54, 1.807) is 0 Å². The van der Waals surface area contributed by atoms with Gasteiger partial charge < -0.3 is 14.2 Å². The Morgan fingerprint density at radius 2 is 2.25 bits per heavy atom. The zero-order chi connectivity index (χ0) is 6.24. The summed E-state index contributed by atoms with van der Waals surface area (Å²) in [5.41, 5.74) is 0. The molecule has 0 amide bonds. The van der Waals surface area contributed by atoms with Crippen molar-refractivity contribution in [2.75, 3.05) is 20.7 Å². The fourth-order valence-electron chi connectivity index (χ4n) is 0.183. The van der Waals surface area contributed by atoms with Crippen molar-refractivity contribution in [3.8, 4) is 0 Å². The Morgan fingerprint density at radius 1 is 1.50 bits per heavy atom. The molecule has 0 fully saturated rings. The van der Waals surface area contributed by atoms with Crippen LogP contribution in [0, 0.1) is 0 Å². The van der Waals surface area contributed by atoms with Crippen LogP contribution >= 0.6 is 0 Å². The van der Waals surface area contributed by atoms with Gasteiger partial charge in [-0.15, -0.1) is 0 Å². The zero-order valence-corrected chi connectivity index (χ0v) is 4.55. The molecule has 0 aliphatic heterocycles. The Labute approximate surface area is 47.3 Å². The fourth-order valence-corrected chi connectivity index (χ4v) is 0.183. The standard InChI is InChI=1S/C4H7O4/c1-6-3-8-4-7-2-5/h3-4H2,1H3. The molecule has 0 spiro atoms. The van der Waals surface area contributed by atoms with E-state index in [4.69, 9.17) is 0 Å².